The first-order chi connectivity index (χ1) is 7.72. The highest BCUT2D eigenvalue weighted by molar-refractivity contribution is 6.09. The van der Waals surface area contributed by atoms with Crippen molar-refractivity contribution in [2.24, 2.45) is 11.8 Å². The van der Waals surface area contributed by atoms with Gasteiger partial charge in [0, 0.05) is 12.1 Å². The number of likely N-dealkylation sites (tertiary alicyclic amines) is 1. The third-order valence-corrected chi connectivity index (χ3v) is 4.37. The number of nitrogens with one attached hydrogen (secondary N) is 1. The standard InChI is InChI=1S/C12H18N2O2/c1-13-7-2-4-8(5-3-7)14-11(15)9-6-10(9)12(14)16/h7-10,13H,2-6H2,1H3. The van der Waals surface area contributed by atoms with Crippen LogP contribution < -0.4 is 5.32 Å². The van der Waals surface area contributed by atoms with Gasteiger partial charge in [0.15, 0.2) is 0 Å². The molecule has 4 heteroatoms. The van der Waals surface area contributed by atoms with Crippen molar-refractivity contribution in [1.82, 2.24) is 10.2 Å². The predicted molar refractivity (Wildman–Crippen MR) is 58.6 cm³/mol. The highest BCUT2D eigenvalue weighted by Gasteiger charge is 2.60. The van der Waals surface area contributed by atoms with E-state index in [4.69, 9.17) is 0 Å². The summed E-state index contributed by atoms with van der Waals surface area (Å²) in [5.74, 6) is 0.356. The second-order valence-corrected chi connectivity index (χ2v) is 5.29. The smallest absolute Gasteiger partial charge is 0.233 e. The second kappa shape index (κ2) is 3.55. The number of amides is 2. The van der Waals surface area contributed by atoms with E-state index < -0.39 is 0 Å². The minimum absolute atomic E-state index is 0.0644. The molecule has 2 unspecified atom stereocenters. The zero-order chi connectivity index (χ0) is 11.3. The normalized spacial score (nSPS) is 42.4. The highest BCUT2D eigenvalue weighted by atomic mass is 16.2. The maximum absolute atomic E-state index is 11.9. The molecule has 1 saturated heterocycles. The van der Waals surface area contributed by atoms with Crippen molar-refractivity contribution in [2.45, 2.75) is 44.2 Å². The molecule has 0 aromatic rings. The molecule has 1 aliphatic heterocycles. The Labute approximate surface area is 95.4 Å². The molecule has 16 heavy (non-hydrogen) atoms. The minimum Gasteiger partial charge on any atom is -0.317 e. The molecule has 0 spiro atoms. The van der Waals surface area contributed by atoms with Crippen LogP contribution in [0, 0.1) is 11.8 Å². The first kappa shape index (κ1) is 10.3. The molecule has 4 nitrogen and oxygen atoms in total. The van der Waals surface area contributed by atoms with E-state index in [9.17, 15) is 9.59 Å². The van der Waals surface area contributed by atoms with Gasteiger partial charge in [0.1, 0.15) is 0 Å². The van der Waals surface area contributed by atoms with Gasteiger partial charge in [-0.15, -0.1) is 0 Å². The Bertz CT molecular complexity index is 314. The van der Waals surface area contributed by atoms with Crippen LogP contribution in [0.1, 0.15) is 32.1 Å². The van der Waals surface area contributed by atoms with Crippen molar-refractivity contribution in [3.63, 3.8) is 0 Å². The Morgan fingerprint density at radius 2 is 1.62 bits per heavy atom. The number of nitrogens with zero attached hydrogens (tertiary/aromatic N) is 1. The molecule has 2 aliphatic carbocycles. The van der Waals surface area contributed by atoms with E-state index in [2.05, 4.69) is 5.32 Å². The Kier molecular flexibility index (Phi) is 2.28. The van der Waals surface area contributed by atoms with Crippen LogP contribution in [-0.4, -0.2) is 35.8 Å². The average Bonchev–Trinajstić information content (AvgIpc) is 3.05. The minimum atomic E-state index is 0.0644. The molecule has 3 aliphatic rings. The summed E-state index contributed by atoms with van der Waals surface area (Å²) in [5.41, 5.74) is 0. The van der Waals surface area contributed by atoms with Gasteiger partial charge in [0.05, 0.1) is 11.8 Å². The third kappa shape index (κ3) is 1.39. The Hall–Kier alpha value is -0.900. The van der Waals surface area contributed by atoms with E-state index in [-0.39, 0.29) is 29.7 Å². The second-order valence-electron chi connectivity index (χ2n) is 5.29. The lowest BCUT2D eigenvalue weighted by molar-refractivity contribution is -0.144. The van der Waals surface area contributed by atoms with Crippen LogP contribution in [0.3, 0.4) is 0 Å². The summed E-state index contributed by atoms with van der Waals surface area (Å²) >= 11 is 0. The van der Waals surface area contributed by atoms with Gasteiger partial charge < -0.3 is 5.32 Å². The monoisotopic (exact) mass is 222 g/mol. The molecule has 2 atom stereocenters. The molecular weight excluding hydrogens is 204 g/mol. The van der Waals surface area contributed by atoms with E-state index in [0.29, 0.717) is 6.04 Å². The van der Waals surface area contributed by atoms with Crippen LogP contribution in [0.5, 0.6) is 0 Å². The molecule has 0 aromatic carbocycles. The van der Waals surface area contributed by atoms with Crippen LogP contribution in [0.2, 0.25) is 0 Å². The molecular formula is C12H18N2O2. The summed E-state index contributed by atoms with van der Waals surface area (Å²) in [4.78, 5) is 25.4. The summed E-state index contributed by atoms with van der Waals surface area (Å²) in [6, 6.07) is 0.760. The molecule has 3 fully saturated rings. The molecule has 0 radical (unpaired) electrons. The van der Waals surface area contributed by atoms with Crippen molar-refractivity contribution in [3.05, 3.63) is 0 Å². The highest BCUT2D eigenvalue weighted by Crippen LogP contribution is 2.48. The van der Waals surface area contributed by atoms with Gasteiger partial charge in [-0.25, -0.2) is 0 Å². The summed E-state index contributed by atoms with van der Waals surface area (Å²) in [7, 11) is 1.98. The fraction of sp³-hybridized carbons (Fsp3) is 0.833. The number of carbonyl (C=O) groups is 2. The van der Waals surface area contributed by atoms with Gasteiger partial charge in [-0.1, -0.05) is 0 Å². The molecule has 2 saturated carbocycles. The SMILES string of the molecule is CNC1CCC(N2C(=O)C3CC3C2=O)CC1. The van der Waals surface area contributed by atoms with Crippen molar-refractivity contribution >= 4 is 11.8 Å². The number of piperidine rings is 1. The van der Waals surface area contributed by atoms with Gasteiger partial charge >= 0.3 is 0 Å². The van der Waals surface area contributed by atoms with E-state index >= 15 is 0 Å². The van der Waals surface area contributed by atoms with Crippen LogP contribution in [0.25, 0.3) is 0 Å². The maximum Gasteiger partial charge on any atom is 0.233 e. The molecule has 2 amide bonds. The van der Waals surface area contributed by atoms with Gasteiger partial charge in [0.25, 0.3) is 0 Å². The third-order valence-electron chi connectivity index (χ3n) is 4.37. The molecule has 0 bridgehead atoms. The van der Waals surface area contributed by atoms with E-state index in [1.54, 1.807) is 4.90 Å². The number of carbonyl (C=O) groups excluding carboxylic acids is 2. The van der Waals surface area contributed by atoms with Crippen molar-refractivity contribution in [1.29, 1.82) is 0 Å². The number of hydrogen-bond acceptors (Lipinski definition) is 3. The fourth-order valence-electron chi connectivity index (χ4n) is 3.19. The largest absolute Gasteiger partial charge is 0.317 e. The van der Waals surface area contributed by atoms with Gasteiger partial charge in [-0.3, -0.25) is 14.5 Å². The molecule has 88 valence electrons. The summed E-state index contributed by atoms with van der Waals surface area (Å²) in [6.45, 7) is 0. The summed E-state index contributed by atoms with van der Waals surface area (Å²) in [6.07, 6.45) is 4.92. The van der Waals surface area contributed by atoms with Crippen molar-refractivity contribution in [2.75, 3.05) is 7.05 Å². The van der Waals surface area contributed by atoms with Crippen molar-refractivity contribution < 1.29 is 9.59 Å². The van der Waals surface area contributed by atoms with Gasteiger partial charge in [-0.2, -0.15) is 0 Å². The molecule has 1 N–H and O–H groups in total. The Balaban J connectivity index is 1.66. The van der Waals surface area contributed by atoms with E-state index in [0.717, 1.165) is 32.1 Å². The zero-order valence-corrected chi connectivity index (χ0v) is 9.61. The number of hydrogen-bond donors (Lipinski definition) is 1. The maximum atomic E-state index is 11.9. The average molecular weight is 222 g/mol. The summed E-state index contributed by atoms with van der Waals surface area (Å²) in [5, 5.41) is 3.27. The van der Waals surface area contributed by atoms with Crippen LogP contribution in [0.4, 0.5) is 0 Å². The lowest BCUT2D eigenvalue weighted by Gasteiger charge is -2.34. The lowest BCUT2D eigenvalue weighted by atomic mass is 9.90. The van der Waals surface area contributed by atoms with Gasteiger partial charge in [-0.05, 0) is 39.2 Å². The number of fused-ring (bicyclic) bond motifs is 1. The molecule has 1 heterocycles. The Morgan fingerprint density at radius 3 is 2.12 bits per heavy atom. The quantitative estimate of drug-likeness (QED) is 0.693. The first-order valence-electron chi connectivity index (χ1n) is 6.26. The summed E-state index contributed by atoms with van der Waals surface area (Å²) < 4.78 is 0. The Morgan fingerprint density at radius 1 is 1.06 bits per heavy atom. The van der Waals surface area contributed by atoms with Crippen molar-refractivity contribution in [3.8, 4) is 0 Å². The van der Waals surface area contributed by atoms with E-state index in [1.807, 2.05) is 7.05 Å². The topological polar surface area (TPSA) is 49.4 Å². The van der Waals surface area contributed by atoms with Crippen LogP contribution in [-0.2, 0) is 9.59 Å². The van der Waals surface area contributed by atoms with Crippen LogP contribution in [0.15, 0.2) is 0 Å². The fourth-order valence-corrected chi connectivity index (χ4v) is 3.19. The lowest BCUT2D eigenvalue weighted by Crippen LogP contribution is -2.45. The first-order valence-corrected chi connectivity index (χ1v) is 6.26. The number of rotatable bonds is 2. The number of imide groups is 1. The van der Waals surface area contributed by atoms with Gasteiger partial charge in [0.2, 0.25) is 11.8 Å². The molecule has 3 rings (SSSR count). The zero-order valence-electron chi connectivity index (χ0n) is 9.61. The van der Waals surface area contributed by atoms with E-state index in [1.165, 1.54) is 0 Å². The van der Waals surface area contributed by atoms with Crippen LogP contribution >= 0.6 is 0 Å². The molecule has 0 aromatic heterocycles. The predicted octanol–water partition coefficient (Wildman–Crippen LogP) is 0.522.